The van der Waals surface area contributed by atoms with E-state index in [1.807, 2.05) is 0 Å². The van der Waals surface area contributed by atoms with Gasteiger partial charge in [0.05, 0.1) is 5.56 Å². The van der Waals surface area contributed by atoms with E-state index >= 15 is 0 Å². The summed E-state index contributed by atoms with van der Waals surface area (Å²) in [6.07, 6.45) is 7.16. The molecule has 0 saturated heterocycles. The van der Waals surface area contributed by atoms with Crippen LogP contribution in [0.5, 0.6) is 5.88 Å². The maximum Gasteiger partial charge on any atom is 0.224 e. The molecule has 1 rings (SSSR count). The van der Waals surface area contributed by atoms with E-state index in [2.05, 4.69) is 10.9 Å². The summed E-state index contributed by atoms with van der Waals surface area (Å²) in [7, 11) is 0. The average Bonchev–Trinajstić information content (AvgIpc) is 2.19. The van der Waals surface area contributed by atoms with Crippen LogP contribution in [0.3, 0.4) is 0 Å². The molecular formula is C11H11NO2. The number of nitrogens with zero attached hydrogens (tertiary/aromatic N) is 1. The number of rotatable bonds is 4. The van der Waals surface area contributed by atoms with Gasteiger partial charge in [0.15, 0.2) is 5.78 Å². The Morgan fingerprint density at radius 1 is 1.71 bits per heavy atom. The maximum atomic E-state index is 11.1. The Morgan fingerprint density at radius 2 is 2.50 bits per heavy atom. The lowest BCUT2D eigenvalue weighted by Crippen LogP contribution is -2.03. The minimum Gasteiger partial charge on any atom is -0.476 e. The summed E-state index contributed by atoms with van der Waals surface area (Å²) < 4.78 is 5.26. The summed E-state index contributed by atoms with van der Waals surface area (Å²) in [4.78, 5) is 15.1. The SMILES string of the molecule is C#CCCOc1ncccc1C(C)=O. The zero-order chi connectivity index (χ0) is 10.4. The zero-order valence-corrected chi connectivity index (χ0v) is 7.99. The van der Waals surface area contributed by atoms with Gasteiger partial charge in [-0.1, -0.05) is 0 Å². The lowest BCUT2D eigenvalue weighted by atomic mass is 10.2. The van der Waals surface area contributed by atoms with Crippen molar-refractivity contribution in [2.75, 3.05) is 6.61 Å². The summed E-state index contributed by atoms with van der Waals surface area (Å²) in [6, 6.07) is 3.38. The van der Waals surface area contributed by atoms with Gasteiger partial charge in [0.1, 0.15) is 6.61 Å². The molecule has 0 radical (unpaired) electrons. The van der Waals surface area contributed by atoms with Crippen LogP contribution in [0.15, 0.2) is 18.3 Å². The van der Waals surface area contributed by atoms with E-state index in [0.29, 0.717) is 24.5 Å². The molecule has 0 aromatic carbocycles. The molecule has 0 spiro atoms. The van der Waals surface area contributed by atoms with Gasteiger partial charge in [0.2, 0.25) is 5.88 Å². The summed E-state index contributed by atoms with van der Waals surface area (Å²) in [6.45, 7) is 1.86. The summed E-state index contributed by atoms with van der Waals surface area (Å²) in [5.74, 6) is 2.74. The number of hydrogen-bond acceptors (Lipinski definition) is 3. The topological polar surface area (TPSA) is 39.2 Å². The highest BCUT2D eigenvalue weighted by molar-refractivity contribution is 5.96. The van der Waals surface area contributed by atoms with Crippen LogP contribution in [-0.4, -0.2) is 17.4 Å². The molecule has 1 aromatic rings. The Balaban J connectivity index is 2.75. The molecular weight excluding hydrogens is 178 g/mol. The minimum absolute atomic E-state index is 0.0613. The van der Waals surface area contributed by atoms with Crippen molar-refractivity contribution in [3.8, 4) is 18.2 Å². The molecule has 0 aliphatic heterocycles. The van der Waals surface area contributed by atoms with Crippen molar-refractivity contribution in [1.82, 2.24) is 4.98 Å². The number of ether oxygens (including phenoxy) is 1. The predicted molar refractivity (Wildman–Crippen MR) is 53.2 cm³/mol. The van der Waals surface area contributed by atoms with Gasteiger partial charge in [-0.3, -0.25) is 4.79 Å². The standard InChI is InChI=1S/C11H11NO2/c1-3-4-8-14-11-10(9(2)13)6-5-7-12-11/h1,5-7H,4,8H2,2H3. The number of carbonyl (C=O) groups excluding carboxylic acids is 1. The molecule has 0 bridgehead atoms. The highest BCUT2D eigenvalue weighted by atomic mass is 16.5. The number of terminal acetylenes is 1. The van der Waals surface area contributed by atoms with Gasteiger partial charge in [-0.2, -0.15) is 0 Å². The molecule has 14 heavy (non-hydrogen) atoms. The Kier molecular flexibility index (Phi) is 3.69. The molecule has 3 heteroatoms. The third-order valence-corrected chi connectivity index (χ3v) is 1.64. The number of pyridine rings is 1. The number of carbonyl (C=O) groups is 1. The quantitative estimate of drug-likeness (QED) is 0.411. The van der Waals surface area contributed by atoms with Crippen molar-refractivity contribution < 1.29 is 9.53 Å². The van der Waals surface area contributed by atoms with Crippen molar-refractivity contribution in [3.63, 3.8) is 0 Å². The molecule has 0 atom stereocenters. The first kappa shape index (κ1) is 10.3. The van der Waals surface area contributed by atoms with Crippen LogP contribution in [-0.2, 0) is 0 Å². The average molecular weight is 189 g/mol. The molecule has 1 heterocycles. The molecule has 3 nitrogen and oxygen atoms in total. The summed E-state index contributed by atoms with van der Waals surface area (Å²) in [5.41, 5.74) is 0.490. The minimum atomic E-state index is -0.0613. The molecule has 0 aliphatic carbocycles. The lowest BCUT2D eigenvalue weighted by Gasteiger charge is -2.05. The fraction of sp³-hybridized carbons (Fsp3) is 0.273. The highest BCUT2D eigenvalue weighted by Gasteiger charge is 2.07. The molecule has 0 amide bonds. The molecule has 1 aromatic heterocycles. The van der Waals surface area contributed by atoms with Crippen molar-refractivity contribution in [3.05, 3.63) is 23.9 Å². The van der Waals surface area contributed by atoms with E-state index in [-0.39, 0.29) is 5.78 Å². The third-order valence-electron chi connectivity index (χ3n) is 1.64. The third kappa shape index (κ3) is 2.60. The van der Waals surface area contributed by atoms with Crippen LogP contribution in [0, 0.1) is 12.3 Å². The molecule has 72 valence electrons. The van der Waals surface area contributed by atoms with Crippen LogP contribution in [0.1, 0.15) is 23.7 Å². The van der Waals surface area contributed by atoms with Crippen molar-refractivity contribution in [2.45, 2.75) is 13.3 Å². The maximum absolute atomic E-state index is 11.1. The van der Waals surface area contributed by atoms with E-state index in [9.17, 15) is 4.79 Å². The number of aromatic nitrogens is 1. The highest BCUT2D eigenvalue weighted by Crippen LogP contribution is 2.14. The molecule has 0 fully saturated rings. The van der Waals surface area contributed by atoms with Crippen LogP contribution >= 0.6 is 0 Å². The molecule has 0 saturated carbocycles. The second-order valence-corrected chi connectivity index (χ2v) is 2.71. The first-order valence-electron chi connectivity index (χ1n) is 4.28. The van der Waals surface area contributed by atoms with E-state index < -0.39 is 0 Å². The van der Waals surface area contributed by atoms with Gasteiger partial charge in [0, 0.05) is 12.6 Å². The summed E-state index contributed by atoms with van der Waals surface area (Å²) >= 11 is 0. The first-order valence-corrected chi connectivity index (χ1v) is 4.28. The fourth-order valence-electron chi connectivity index (χ4n) is 0.980. The molecule has 0 aliphatic rings. The lowest BCUT2D eigenvalue weighted by molar-refractivity contribution is 0.101. The number of hydrogen-bond donors (Lipinski definition) is 0. The largest absolute Gasteiger partial charge is 0.476 e. The van der Waals surface area contributed by atoms with Crippen LogP contribution in [0.4, 0.5) is 0 Å². The Labute approximate surface area is 83.1 Å². The van der Waals surface area contributed by atoms with E-state index in [4.69, 9.17) is 11.2 Å². The first-order chi connectivity index (χ1) is 6.75. The van der Waals surface area contributed by atoms with E-state index in [1.54, 1.807) is 18.3 Å². The van der Waals surface area contributed by atoms with E-state index in [0.717, 1.165) is 0 Å². The monoisotopic (exact) mass is 189 g/mol. The van der Waals surface area contributed by atoms with Gasteiger partial charge < -0.3 is 4.74 Å². The van der Waals surface area contributed by atoms with Crippen LogP contribution in [0.25, 0.3) is 0 Å². The second-order valence-electron chi connectivity index (χ2n) is 2.71. The van der Waals surface area contributed by atoms with Crippen molar-refractivity contribution in [2.24, 2.45) is 0 Å². The molecule has 0 unspecified atom stereocenters. The van der Waals surface area contributed by atoms with Crippen molar-refractivity contribution >= 4 is 5.78 Å². The van der Waals surface area contributed by atoms with Gasteiger partial charge in [-0.15, -0.1) is 12.3 Å². The Hall–Kier alpha value is -1.82. The van der Waals surface area contributed by atoms with Gasteiger partial charge in [-0.05, 0) is 19.1 Å². The van der Waals surface area contributed by atoms with Gasteiger partial charge in [-0.25, -0.2) is 4.98 Å². The fourth-order valence-corrected chi connectivity index (χ4v) is 0.980. The predicted octanol–water partition coefficient (Wildman–Crippen LogP) is 1.69. The number of ketones is 1. The van der Waals surface area contributed by atoms with Gasteiger partial charge in [0.25, 0.3) is 0 Å². The van der Waals surface area contributed by atoms with Gasteiger partial charge >= 0.3 is 0 Å². The number of Topliss-reactive ketones (excluding diaryl/α,β-unsaturated/α-hetero) is 1. The van der Waals surface area contributed by atoms with Crippen LogP contribution < -0.4 is 4.74 Å². The second kappa shape index (κ2) is 5.03. The normalized spacial score (nSPS) is 9.14. The molecule has 0 N–H and O–H groups in total. The zero-order valence-electron chi connectivity index (χ0n) is 7.99. The van der Waals surface area contributed by atoms with Crippen molar-refractivity contribution in [1.29, 1.82) is 0 Å². The Morgan fingerprint density at radius 3 is 3.14 bits per heavy atom. The van der Waals surface area contributed by atoms with Crippen LogP contribution in [0.2, 0.25) is 0 Å². The Bertz CT molecular complexity index is 366. The summed E-state index contributed by atoms with van der Waals surface area (Å²) in [5, 5.41) is 0. The van der Waals surface area contributed by atoms with E-state index in [1.165, 1.54) is 6.92 Å². The smallest absolute Gasteiger partial charge is 0.224 e.